The van der Waals surface area contributed by atoms with Crippen LogP contribution < -0.4 is 0 Å². The Balaban J connectivity index is 3.21. The lowest BCUT2D eigenvalue weighted by Crippen LogP contribution is -2.24. The molecule has 0 fully saturated rings. The summed E-state index contributed by atoms with van der Waals surface area (Å²) in [7, 11) is 0. The zero-order chi connectivity index (χ0) is 14.6. The monoisotopic (exact) mass is 340 g/mol. The van der Waals surface area contributed by atoms with Gasteiger partial charge in [0.1, 0.15) is 5.60 Å². The fourth-order valence-corrected chi connectivity index (χ4v) is 1.37. The number of carbonyl (C=O) groups is 1. The van der Waals surface area contributed by atoms with Crippen molar-refractivity contribution in [3.63, 3.8) is 0 Å². The van der Waals surface area contributed by atoms with Gasteiger partial charge in [0.25, 0.3) is 0 Å². The normalized spacial score (nSPS) is 11.6. The first-order valence-corrected chi connectivity index (χ1v) is 7.59. The summed E-state index contributed by atoms with van der Waals surface area (Å²) in [6.45, 7) is 8.71. The summed E-state index contributed by atoms with van der Waals surface area (Å²) in [4.78, 5) is 11.3. The smallest absolute Gasteiger partial charge is 0.308 e. The predicted molar refractivity (Wildman–Crippen MR) is 76.7 cm³/mol. The Hall–Kier alpha value is -0.170. The van der Waals surface area contributed by atoms with Crippen molar-refractivity contribution in [3.8, 4) is 0 Å². The van der Waals surface area contributed by atoms with Gasteiger partial charge in [0.05, 0.1) is 46.1 Å². The van der Waals surface area contributed by atoms with Crippen molar-refractivity contribution < 1.29 is 23.7 Å². The van der Waals surface area contributed by atoms with E-state index in [4.69, 9.17) is 18.9 Å². The molecule has 0 bridgehead atoms. The molecule has 5 nitrogen and oxygen atoms in total. The van der Waals surface area contributed by atoms with Crippen LogP contribution in [0.15, 0.2) is 0 Å². The Kier molecular flexibility index (Phi) is 11.5. The van der Waals surface area contributed by atoms with E-state index >= 15 is 0 Å². The van der Waals surface area contributed by atoms with Gasteiger partial charge in [-0.2, -0.15) is 0 Å². The third-order valence-corrected chi connectivity index (χ3v) is 2.16. The third kappa shape index (κ3) is 15.8. The number of esters is 1. The first-order valence-electron chi connectivity index (χ1n) is 6.47. The molecule has 19 heavy (non-hydrogen) atoms. The standard InChI is InChI=1S/C13H25BrO5/c1-13(2,3)19-12(15)4-6-16-8-10-18-11-9-17-7-5-14/h4-11H2,1-3H3. The van der Waals surface area contributed by atoms with Crippen LogP contribution in [0.4, 0.5) is 0 Å². The molecule has 0 aliphatic carbocycles. The highest BCUT2D eigenvalue weighted by Crippen LogP contribution is 2.07. The fourth-order valence-electron chi connectivity index (χ4n) is 1.14. The largest absolute Gasteiger partial charge is 0.460 e. The molecule has 6 heteroatoms. The number of halogens is 1. The number of hydrogen-bond donors (Lipinski definition) is 0. The Labute approximate surface area is 124 Å². The topological polar surface area (TPSA) is 54.0 Å². The fraction of sp³-hybridized carbons (Fsp3) is 0.923. The molecule has 0 aliphatic heterocycles. The first kappa shape index (κ1) is 18.8. The van der Waals surface area contributed by atoms with Gasteiger partial charge in [0.15, 0.2) is 0 Å². The molecule has 0 aromatic rings. The highest BCUT2D eigenvalue weighted by Gasteiger charge is 2.15. The highest BCUT2D eigenvalue weighted by atomic mass is 79.9. The Bertz CT molecular complexity index is 228. The van der Waals surface area contributed by atoms with Gasteiger partial charge in [-0.05, 0) is 20.8 Å². The van der Waals surface area contributed by atoms with Crippen LogP contribution in [0.3, 0.4) is 0 Å². The Morgan fingerprint density at radius 2 is 1.37 bits per heavy atom. The maximum atomic E-state index is 11.3. The maximum absolute atomic E-state index is 11.3. The number of alkyl halides is 1. The van der Waals surface area contributed by atoms with Crippen LogP contribution in [0.5, 0.6) is 0 Å². The minimum atomic E-state index is -0.435. The van der Waals surface area contributed by atoms with Gasteiger partial charge in [0.2, 0.25) is 0 Å². The van der Waals surface area contributed by atoms with E-state index in [0.29, 0.717) is 39.6 Å². The molecule has 0 aliphatic rings. The second kappa shape index (κ2) is 11.6. The van der Waals surface area contributed by atoms with Crippen LogP contribution in [0.1, 0.15) is 27.2 Å². The van der Waals surface area contributed by atoms with Crippen molar-refractivity contribution in [2.24, 2.45) is 0 Å². The number of ether oxygens (including phenoxy) is 4. The lowest BCUT2D eigenvalue weighted by atomic mass is 10.2. The molecule has 0 aromatic carbocycles. The molecule has 0 unspecified atom stereocenters. The number of rotatable bonds is 11. The molecule has 114 valence electrons. The Morgan fingerprint density at radius 1 is 0.895 bits per heavy atom. The van der Waals surface area contributed by atoms with Gasteiger partial charge >= 0.3 is 5.97 Å². The average molecular weight is 341 g/mol. The van der Waals surface area contributed by atoms with E-state index in [9.17, 15) is 4.79 Å². The zero-order valence-electron chi connectivity index (χ0n) is 12.1. The molecule has 0 radical (unpaired) electrons. The molecular formula is C13H25BrO5. The van der Waals surface area contributed by atoms with Crippen molar-refractivity contribution >= 4 is 21.9 Å². The number of hydrogen-bond acceptors (Lipinski definition) is 5. The molecule has 0 amide bonds. The molecule has 0 saturated heterocycles. The summed E-state index contributed by atoms with van der Waals surface area (Å²) in [5.74, 6) is -0.239. The van der Waals surface area contributed by atoms with Gasteiger partial charge in [-0.25, -0.2) is 0 Å². The number of carbonyl (C=O) groups excluding carboxylic acids is 1. The quantitative estimate of drug-likeness (QED) is 0.327. The van der Waals surface area contributed by atoms with Crippen LogP contribution in [-0.2, 0) is 23.7 Å². The average Bonchev–Trinajstić information content (AvgIpc) is 2.29. The van der Waals surface area contributed by atoms with Crippen LogP contribution in [0, 0.1) is 0 Å². The summed E-state index contributed by atoms with van der Waals surface area (Å²) >= 11 is 3.27. The van der Waals surface area contributed by atoms with Crippen LogP contribution >= 0.6 is 15.9 Å². The summed E-state index contributed by atoms with van der Waals surface area (Å²) in [6, 6.07) is 0. The van der Waals surface area contributed by atoms with E-state index in [1.807, 2.05) is 20.8 Å². The molecule has 0 N–H and O–H groups in total. The van der Waals surface area contributed by atoms with Gasteiger partial charge in [-0.15, -0.1) is 0 Å². The third-order valence-electron chi connectivity index (χ3n) is 1.84. The van der Waals surface area contributed by atoms with Crippen molar-refractivity contribution in [3.05, 3.63) is 0 Å². The Morgan fingerprint density at radius 3 is 1.84 bits per heavy atom. The van der Waals surface area contributed by atoms with E-state index in [2.05, 4.69) is 15.9 Å². The van der Waals surface area contributed by atoms with Crippen LogP contribution in [-0.4, -0.2) is 56.5 Å². The zero-order valence-corrected chi connectivity index (χ0v) is 13.7. The molecular weight excluding hydrogens is 316 g/mol. The van der Waals surface area contributed by atoms with Gasteiger partial charge < -0.3 is 18.9 Å². The molecule has 0 heterocycles. The summed E-state index contributed by atoms with van der Waals surface area (Å²) in [5.41, 5.74) is -0.435. The molecule has 0 spiro atoms. The summed E-state index contributed by atoms with van der Waals surface area (Å²) in [6.07, 6.45) is 0.269. The summed E-state index contributed by atoms with van der Waals surface area (Å²) in [5, 5.41) is 0.834. The second-order valence-corrected chi connectivity index (χ2v) is 5.66. The van der Waals surface area contributed by atoms with Crippen molar-refractivity contribution in [1.29, 1.82) is 0 Å². The lowest BCUT2D eigenvalue weighted by Gasteiger charge is -2.19. The van der Waals surface area contributed by atoms with E-state index in [1.165, 1.54) is 0 Å². The van der Waals surface area contributed by atoms with E-state index in [0.717, 1.165) is 5.33 Å². The van der Waals surface area contributed by atoms with Crippen LogP contribution in [0.2, 0.25) is 0 Å². The van der Waals surface area contributed by atoms with E-state index in [-0.39, 0.29) is 12.4 Å². The summed E-state index contributed by atoms with van der Waals surface area (Å²) < 4.78 is 20.9. The molecule has 0 saturated carbocycles. The minimum absolute atomic E-state index is 0.239. The minimum Gasteiger partial charge on any atom is -0.460 e. The predicted octanol–water partition coefficient (Wildman–Crippen LogP) is 2.16. The van der Waals surface area contributed by atoms with E-state index in [1.54, 1.807) is 0 Å². The van der Waals surface area contributed by atoms with Crippen molar-refractivity contribution in [2.75, 3.05) is 45.0 Å². The van der Waals surface area contributed by atoms with Crippen LogP contribution in [0.25, 0.3) is 0 Å². The first-order chi connectivity index (χ1) is 8.95. The SMILES string of the molecule is CC(C)(C)OC(=O)CCOCCOCCOCCBr. The van der Waals surface area contributed by atoms with Crippen molar-refractivity contribution in [2.45, 2.75) is 32.8 Å². The lowest BCUT2D eigenvalue weighted by molar-refractivity contribution is -0.156. The van der Waals surface area contributed by atoms with Gasteiger partial charge in [-0.3, -0.25) is 4.79 Å². The van der Waals surface area contributed by atoms with Gasteiger partial charge in [0, 0.05) is 5.33 Å². The second-order valence-electron chi connectivity index (χ2n) is 4.86. The highest BCUT2D eigenvalue weighted by molar-refractivity contribution is 9.09. The van der Waals surface area contributed by atoms with Gasteiger partial charge in [-0.1, -0.05) is 15.9 Å². The van der Waals surface area contributed by atoms with Crippen molar-refractivity contribution in [1.82, 2.24) is 0 Å². The molecule has 0 aromatic heterocycles. The van der Waals surface area contributed by atoms with E-state index < -0.39 is 5.60 Å². The maximum Gasteiger partial charge on any atom is 0.308 e. The molecule has 0 atom stereocenters. The molecule has 0 rings (SSSR count).